The first kappa shape index (κ1) is 25.9. The van der Waals surface area contributed by atoms with Crippen molar-refractivity contribution in [2.45, 2.75) is 31.7 Å². The van der Waals surface area contributed by atoms with Gasteiger partial charge in [-0.3, -0.25) is 9.52 Å². The van der Waals surface area contributed by atoms with Crippen LogP contribution in [0.4, 0.5) is 5.69 Å². The van der Waals surface area contributed by atoms with Crippen LogP contribution in [0.5, 0.6) is 17.2 Å². The van der Waals surface area contributed by atoms with Gasteiger partial charge in [-0.25, -0.2) is 8.42 Å². The number of amides is 1. The molecule has 8 nitrogen and oxygen atoms in total. The van der Waals surface area contributed by atoms with Crippen LogP contribution in [0.1, 0.15) is 42.7 Å². The largest absolute Gasteiger partial charge is 0.497 e. The lowest BCUT2D eigenvalue weighted by molar-refractivity contribution is 0.0939. The fourth-order valence-electron chi connectivity index (χ4n) is 3.36. The Morgan fingerprint density at radius 2 is 1.51 bits per heavy atom. The number of benzene rings is 3. The van der Waals surface area contributed by atoms with E-state index in [1.54, 1.807) is 24.3 Å². The van der Waals surface area contributed by atoms with E-state index in [1.807, 2.05) is 39.0 Å². The molecule has 0 saturated carbocycles. The normalized spacial score (nSPS) is 11.9. The van der Waals surface area contributed by atoms with Crippen molar-refractivity contribution in [1.82, 2.24) is 5.32 Å². The van der Waals surface area contributed by atoms with Crippen LogP contribution in [-0.2, 0) is 10.0 Å². The predicted molar refractivity (Wildman–Crippen MR) is 135 cm³/mol. The number of sulfonamides is 1. The number of anilines is 1. The van der Waals surface area contributed by atoms with Gasteiger partial charge in [-0.05, 0) is 87.0 Å². The quantitative estimate of drug-likeness (QED) is 0.394. The topological polar surface area (TPSA) is 103 Å². The summed E-state index contributed by atoms with van der Waals surface area (Å²) in [7, 11) is -2.27. The molecule has 0 aromatic heterocycles. The lowest BCUT2D eigenvalue weighted by Crippen LogP contribution is -2.26. The third kappa shape index (κ3) is 6.66. The Morgan fingerprint density at radius 1 is 0.886 bits per heavy atom. The van der Waals surface area contributed by atoms with Crippen molar-refractivity contribution < 1.29 is 27.4 Å². The van der Waals surface area contributed by atoms with Gasteiger partial charge >= 0.3 is 0 Å². The number of carbonyl (C=O) groups is 1. The lowest BCUT2D eigenvalue weighted by Gasteiger charge is -2.18. The predicted octanol–water partition coefficient (Wildman–Crippen LogP) is 4.78. The van der Waals surface area contributed by atoms with Crippen LogP contribution in [0, 0.1) is 0 Å². The molecule has 3 aromatic rings. The molecule has 2 N–H and O–H groups in total. The summed E-state index contributed by atoms with van der Waals surface area (Å²) in [6, 6.07) is 17.5. The molecule has 9 heteroatoms. The fraction of sp³-hybridized carbons (Fsp3) is 0.269. The van der Waals surface area contributed by atoms with Gasteiger partial charge in [0.1, 0.15) is 5.75 Å². The smallest absolute Gasteiger partial charge is 0.261 e. The second kappa shape index (κ2) is 11.6. The second-order valence-corrected chi connectivity index (χ2v) is 9.31. The van der Waals surface area contributed by atoms with Crippen molar-refractivity contribution in [2.75, 3.05) is 25.0 Å². The molecule has 1 unspecified atom stereocenters. The average Bonchev–Trinajstić information content (AvgIpc) is 2.85. The van der Waals surface area contributed by atoms with Crippen molar-refractivity contribution in [3.8, 4) is 17.2 Å². The van der Waals surface area contributed by atoms with Crippen LogP contribution in [0.25, 0.3) is 0 Å². The fourth-order valence-corrected chi connectivity index (χ4v) is 4.42. The Bertz CT molecular complexity index is 1240. The lowest BCUT2D eigenvalue weighted by atomic mass is 10.1. The summed E-state index contributed by atoms with van der Waals surface area (Å²) in [5, 5.41) is 2.93. The minimum absolute atomic E-state index is 0.0470. The highest BCUT2D eigenvalue weighted by Crippen LogP contribution is 2.31. The molecule has 0 aliphatic heterocycles. The van der Waals surface area contributed by atoms with E-state index in [4.69, 9.17) is 14.2 Å². The van der Waals surface area contributed by atoms with Gasteiger partial charge < -0.3 is 19.5 Å². The van der Waals surface area contributed by atoms with Gasteiger partial charge in [0.05, 0.1) is 31.3 Å². The summed E-state index contributed by atoms with van der Waals surface area (Å²) >= 11 is 0. The molecule has 0 fully saturated rings. The first-order chi connectivity index (χ1) is 16.8. The average molecular weight is 499 g/mol. The number of hydrogen-bond donors (Lipinski definition) is 2. The Hall–Kier alpha value is -3.72. The minimum Gasteiger partial charge on any atom is -0.497 e. The zero-order valence-corrected chi connectivity index (χ0v) is 21.0. The molecule has 1 amide bonds. The van der Waals surface area contributed by atoms with Crippen LogP contribution in [0.3, 0.4) is 0 Å². The summed E-state index contributed by atoms with van der Waals surface area (Å²) in [5.74, 6) is 1.57. The molecule has 0 aliphatic rings. The summed E-state index contributed by atoms with van der Waals surface area (Å²) in [6.07, 6.45) is 0. The van der Waals surface area contributed by atoms with Crippen molar-refractivity contribution in [1.29, 1.82) is 0 Å². The number of methoxy groups -OCH3 is 1. The number of nitrogens with one attached hydrogen (secondary N) is 2. The summed E-state index contributed by atoms with van der Waals surface area (Å²) in [6.45, 7) is 6.67. The van der Waals surface area contributed by atoms with Gasteiger partial charge in [0.25, 0.3) is 15.9 Å². The van der Waals surface area contributed by atoms with Crippen LogP contribution < -0.4 is 24.2 Å². The van der Waals surface area contributed by atoms with Crippen LogP contribution in [-0.4, -0.2) is 34.6 Å². The monoisotopic (exact) mass is 498 g/mol. The van der Waals surface area contributed by atoms with E-state index in [2.05, 4.69) is 10.0 Å². The number of ether oxygens (including phenoxy) is 3. The Morgan fingerprint density at radius 3 is 2.11 bits per heavy atom. The molecule has 35 heavy (non-hydrogen) atoms. The minimum atomic E-state index is -3.81. The number of rotatable bonds is 11. The molecule has 0 saturated heterocycles. The molecular weight excluding hydrogens is 468 g/mol. The molecule has 0 spiro atoms. The summed E-state index contributed by atoms with van der Waals surface area (Å²) < 4.78 is 44.2. The van der Waals surface area contributed by atoms with Gasteiger partial charge in [-0.15, -0.1) is 0 Å². The van der Waals surface area contributed by atoms with Crippen molar-refractivity contribution in [3.63, 3.8) is 0 Å². The maximum atomic E-state index is 12.8. The highest BCUT2D eigenvalue weighted by atomic mass is 32.2. The van der Waals surface area contributed by atoms with Gasteiger partial charge in [0.2, 0.25) is 0 Å². The van der Waals surface area contributed by atoms with E-state index in [9.17, 15) is 13.2 Å². The van der Waals surface area contributed by atoms with Crippen LogP contribution in [0.15, 0.2) is 71.6 Å². The summed E-state index contributed by atoms with van der Waals surface area (Å²) in [4.78, 5) is 12.8. The van der Waals surface area contributed by atoms with Gasteiger partial charge in [0.15, 0.2) is 11.5 Å². The van der Waals surface area contributed by atoms with E-state index in [0.717, 1.165) is 5.56 Å². The molecule has 3 rings (SSSR count). The molecule has 186 valence electrons. The zero-order chi connectivity index (χ0) is 25.4. The first-order valence-electron chi connectivity index (χ1n) is 11.2. The maximum absolute atomic E-state index is 12.8. The Kier molecular flexibility index (Phi) is 8.59. The van der Waals surface area contributed by atoms with Crippen LogP contribution >= 0.6 is 0 Å². The van der Waals surface area contributed by atoms with E-state index in [1.165, 1.54) is 31.4 Å². The molecule has 0 bridgehead atoms. The molecular formula is C26H30N2O6S. The standard InChI is InChI=1S/C26H30N2O6S/c1-5-33-24-16-9-20(17-25(24)34-6-2)18(3)27-26(29)19-7-14-23(15-8-19)35(30,31)28-21-10-12-22(32-4)13-11-21/h7-18,28H,5-6H2,1-4H3,(H,27,29). The van der Waals surface area contributed by atoms with E-state index in [-0.39, 0.29) is 16.8 Å². The first-order valence-corrected chi connectivity index (χ1v) is 12.7. The van der Waals surface area contributed by atoms with Gasteiger partial charge in [-0.1, -0.05) is 6.07 Å². The van der Waals surface area contributed by atoms with Crippen molar-refractivity contribution in [2.24, 2.45) is 0 Å². The molecule has 0 radical (unpaired) electrons. The molecule has 3 aromatic carbocycles. The Balaban J connectivity index is 1.68. The van der Waals surface area contributed by atoms with E-state index in [0.29, 0.717) is 41.7 Å². The highest BCUT2D eigenvalue weighted by molar-refractivity contribution is 7.92. The van der Waals surface area contributed by atoms with Gasteiger partial charge in [-0.2, -0.15) is 0 Å². The number of hydrogen-bond acceptors (Lipinski definition) is 6. The van der Waals surface area contributed by atoms with E-state index >= 15 is 0 Å². The summed E-state index contributed by atoms with van der Waals surface area (Å²) in [5.41, 5.74) is 1.60. The molecule has 0 heterocycles. The molecule has 0 aliphatic carbocycles. The third-order valence-corrected chi connectivity index (χ3v) is 6.58. The number of carbonyl (C=O) groups excluding carboxylic acids is 1. The second-order valence-electron chi connectivity index (χ2n) is 7.63. The molecule has 1 atom stereocenters. The van der Waals surface area contributed by atoms with Crippen molar-refractivity contribution >= 4 is 21.6 Å². The van der Waals surface area contributed by atoms with E-state index < -0.39 is 10.0 Å². The SMILES string of the molecule is CCOc1ccc(C(C)NC(=O)c2ccc(S(=O)(=O)Nc3ccc(OC)cc3)cc2)cc1OCC. The van der Waals surface area contributed by atoms with Crippen LogP contribution in [0.2, 0.25) is 0 Å². The van der Waals surface area contributed by atoms with Crippen molar-refractivity contribution in [3.05, 3.63) is 77.9 Å². The maximum Gasteiger partial charge on any atom is 0.261 e. The zero-order valence-electron chi connectivity index (χ0n) is 20.2. The Labute approximate surface area is 206 Å². The van der Waals surface area contributed by atoms with Gasteiger partial charge in [0, 0.05) is 11.3 Å². The highest BCUT2D eigenvalue weighted by Gasteiger charge is 2.17. The third-order valence-electron chi connectivity index (χ3n) is 5.18.